The van der Waals surface area contributed by atoms with Crippen LogP contribution in [0.2, 0.25) is 0 Å². The summed E-state index contributed by atoms with van der Waals surface area (Å²) in [5.74, 6) is -1.13. The number of nitrogens with zero attached hydrogens (tertiary/aromatic N) is 1. The number of hydrogen-bond donors (Lipinski definition) is 2. The van der Waals surface area contributed by atoms with Crippen LogP contribution in [0, 0.1) is 11.6 Å². The number of morpholine rings is 1. The third-order valence-corrected chi connectivity index (χ3v) is 4.52. The first kappa shape index (κ1) is 20.0. The molecule has 1 amide bonds. The second kappa shape index (κ2) is 9.43. The van der Waals surface area contributed by atoms with E-state index in [-0.39, 0.29) is 18.2 Å². The predicted octanol–water partition coefficient (Wildman–Crippen LogP) is 2.66. The number of aliphatic hydroxyl groups is 1. The number of carbonyl (C=O) groups excluding carboxylic acids is 1. The number of aliphatic hydroxyl groups excluding tert-OH is 1. The van der Waals surface area contributed by atoms with Crippen molar-refractivity contribution in [3.8, 4) is 0 Å². The molecular formula is C21H22F2N2O3. The number of anilines is 1. The van der Waals surface area contributed by atoms with Crippen molar-refractivity contribution in [3.05, 3.63) is 71.3 Å². The Morgan fingerprint density at radius 2 is 1.89 bits per heavy atom. The molecular weight excluding hydrogens is 366 g/mol. The average Bonchev–Trinajstić information content (AvgIpc) is 2.73. The van der Waals surface area contributed by atoms with Gasteiger partial charge in [-0.2, -0.15) is 0 Å². The van der Waals surface area contributed by atoms with E-state index < -0.39 is 11.9 Å². The monoisotopic (exact) mass is 388 g/mol. The summed E-state index contributed by atoms with van der Waals surface area (Å²) in [7, 11) is 0. The Bertz CT molecular complexity index is 834. The maximum atomic E-state index is 14.3. The van der Waals surface area contributed by atoms with E-state index in [1.54, 1.807) is 30.3 Å². The third kappa shape index (κ3) is 5.15. The fraction of sp³-hybridized carbons (Fsp3) is 0.286. The SMILES string of the molecule is O=C(/C=C\c1ccc(F)cc1)N[C@@H](CO)c1ccc(F)c(N2CCOCC2)c1. The van der Waals surface area contributed by atoms with E-state index in [2.05, 4.69) is 5.32 Å². The summed E-state index contributed by atoms with van der Waals surface area (Å²) in [5, 5.41) is 12.4. The minimum atomic E-state index is -0.675. The van der Waals surface area contributed by atoms with Crippen molar-refractivity contribution in [2.24, 2.45) is 0 Å². The van der Waals surface area contributed by atoms with E-state index in [0.717, 1.165) is 0 Å². The summed E-state index contributed by atoms with van der Waals surface area (Å²) in [6.07, 6.45) is 2.86. The van der Waals surface area contributed by atoms with Gasteiger partial charge in [0.2, 0.25) is 5.91 Å². The highest BCUT2D eigenvalue weighted by Crippen LogP contribution is 2.25. The van der Waals surface area contributed by atoms with Gasteiger partial charge in [0.15, 0.2) is 0 Å². The van der Waals surface area contributed by atoms with Crippen LogP contribution in [0.3, 0.4) is 0 Å². The molecule has 28 heavy (non-hydrogen) atoms. The third-order valence-electron chi connectivity index (χ3n) is 4.52. The molecule has 1 fully saturated rings. The minimum Gasteiger partial charge on any atom is -0.394 e. The highest BCUT2D eigenvalue weighted by atomic mass is 19.1. The fourth-order valence-corrected chi connectivity index (χ4v) is 2.99. The van der Waals surface area contributed by atoms with Gasteiger partial charge in [-0.3, -0.25) is 4.79 Å². The van der Waals surface area contributed by atoms with Crippen LogP contribution in [0.4, 0.5) is 14.5 Å². The van der Waals surface area contributed by atoms with Crippen LogP contribution in [0.1, 0.15) is 17.2 Å². The Morgan fingerprint density at radius 3 is 2.57 bits per heavy atom. The van der Waals surface area contributed by atoms with Crippen LogP contribution < -0.4 is 10.2 Å². The zero-order valence-corrected chi connectivity index (χ0v) is 15.3. The molecule has 0 aromatic heterocycles. The highest BCUT2D eigenvalue weighted by Gasteiger charge is 2.19. The lowest BCUT2D eigenvalue weighted by atomic mass is 10.1. The van der Waals surface area contributed by atoms with Crippen LogP contribution in [-0.4, -0.2) is 43.9 Å². The molecule has 0 aliphatic carbocycles. The molecule has 2 aromatic carbocycles. The summed E-state index contributed by atoms with van der Waals surface area (Å²) in [6.45, 7) is 1.88. The number of hydrogen-bond acceptors (Lipinski definition) is 4. The number of halogens is 2. The van der Waals surface area contributed by atoms with Gasteiger partial charge in [-0.25, -0.2) is 8.78 Å². The molecule has 2 aromatic rings. The average molecular weight is 388 g/mol. The Morgan fingerprint density at radius 1 is 1.18 bits per heavy atom. The molecule has 0 saturated carbocycles. The largest absolute Gasteiger partial charge is 0.394 e. The van der Waals surface area contributed by atoms with Crippen molar-refractivity contribution in [2.75, 3.05) is 37.8 Å². The first-order valence-electron chi connectivity index (χ1n) is 9.04. The number of benzene rings is 2. The molecule has 0 unspecified atom stereocenters. The van der Waals surface area contributed by atoms with Crippen LogP contribution in [-0.2, 0) is 9.53 Å². The molecule has 1 atom stereocenters. The number of nitrogens with one attached hydrogen (secondary N) is 1. The van der Waals surface area contributed by atoms with Crippen molar-refractivity contribution < 1.29 is 23.4 Å². The lowest BCUT2D eigenvalue weighted by Gasteiger charge is -2.30. The van der Waals surface area contributed by atoms with Crippen molar-refractivity contribution >= 4 is 17.7 Å². The van der Waals surface area contributed by atoms with Gasteiger partial charge < -0.3 is 20.1 Å². The molecule has 5 nitrogen and oxygen atoms in total. The van der Waals surface area contributed by atoms with Gasteiger partial charge in [-0.15, -0.1) is 0 Å². The van der Waals surface area contributed by atoms with E-state index >= 15 is 0 Å². The van der Waals surface area contributed by atoms with Crippen molar-refractivity contribution in [1.29, 1.82) is 0 Å². The lowest BCUT2D eigenvalue weighted by Crippen LogP contribution is -2.37. The summed E-state index contributed by atoms with van der Waals surface area (Å²) >= 11 is 0. The van der Waals surface area contributed by atoms with Crippen molar-refractivity contribution in [3.63, 3.8) is 0 Å². The minimum absolute atomic E-state index is 0.329. The second-order valence-electron chi connectivity index (χ2n) is 6.44. The Kier molecular flexibility index (Phi) is 6.73. The Labute approximate surface area is 162 Å². The number of carbonyl (C=O) groups is 1. The molecule has 0 radical (unpaired) electrons. The lowest BCUT2D eigenvalue weighted by molar-refractivity contribution is -0.117. The summed E-state index contributed by atoms with van der Waals surface area (Å²) in [6, 6.07) is 9.57. The number of rotatable bonds is 6. The van der Waals surface area contributed by atoms with Gasteiger partial charge in [0.05, 0.1) is 31.5 Å². The zero-order valence-electron chi connectivity index (χ0n) is 15.3. The smallest absolute Gasteiger partial charge is 0.244 e. The van der Waals surface area contributed by atoms with Crippen LogP contribution in [0.25, 0.3) is 6.08 Å². The molecule has 0 spiro atoms. The van der Waals surface area contributed by atoms with Gasteiger partial charge in [0, 0.05) is 19.2 Å². The highest BCUT2D eigenvalue weighted by molar-refractivity contribution is 5.92. The second-order valence-corrected chi connectivity index (χ2v) is 6.44. The zero-order chi connectivity index (χ0) is 19.9. The van der Waals surface area contributed by atoms with Gasteiger partial charge in [-0.1, -0.05) is 18.2 Å². The molecule has 1 heterocycles. The summed E-state index contributed by atoms with van der Waals surface area (Å²) < 4.78 is 32.5. The standard InChI is InChI=1S/C21H22F2N2O3/c22-17-5-1-15(2-6-17)3-8-21(27)24-19(14-26)16-4-7-18(23)20(13-16)25-9-11-28-12-10-25/h1-8,13,19,26H,9-12,14H2,(H,24,27)/b8-3-/t19-/m0/s1. The van der Waals surface area contributed by atoms with Crippen LogP contribution >= 0.6 is 0 Å². The van der Waals surface area contributed by atoms with Crippen molar-refractivity contribution in [2.45, 2.75) is 6.04 Å². The molecule has 1 saturated heterocycles. The molecule has 0 bridgehead atoms. The Hall–Kier alpha value is -2.77. The summed E-state index contributed by atoms with van der Waals surface area (Å²) in [4.78, 5) is 14.1. The topological polar surface area (TPSA) is 61.8 Å². The molecule has 1 aliphatic rings. The molecule has 3 rings (SSSR count). The Balaban J connectivity index is 1.70. The van der Waals surface area contributed by atoms with E-state index in [4.69, 9.17) is 4.74 Å². The maximum Gasteiger partial charge on any atom is 0.244 e. The van der Waals surface area contributed by atoms with Crippen LogP contribution in [0.15, 0.2) is 48.5 Å². The van der Waals surface area contributed by atoms with Crippen LogP contribution in [0.5, 0.6) is 0 Å². The maximum absolute atomic E-state index is 14.3. The number of amides is 1. The molecule has 1 aliphatic heterocycles. The first-order chi connectivity index (χ1) is 13.6. The molecule has 148 valence electrons. The first-order valence-corrected chi connectivity index (χ1v) is 9.04. The van der Waals surface area contributed by atoms with Gasteiger partial charge in [0.1, 0.15) is 11.6 Å². The molecule has 2 N–H and O–H groups in total. The van der Waals surface area contributed by atoms with Gasteiger partial charge in [-0.05, 0) is 41.5 Å². The van der Waals surface area contributed by atoms with E-state index in [9.17, 15) is 18.7 Å². The summed E-state index contributed by atoms with van der Waals surface area (Å²) in [5.41, 5.74) is 1.71. The quantitative estimate of drug-likeness (QED) is 0.747. The van der Waals surface area contributed by atoms with E-state index in [1.165, 1.54) is 24.3 Å². The molecule has 7 heteroatoms. The van der Waals surface area contributed by atoms with E-state index in [0.29, 0.717) is 43.1 Å². The normalized spacial score (nSPS) is 15.6. The van der Waals surface area contributed by atoms with E-state index in [1.807, 2.05) is 4.90 Å². The fourth-order valence-electron chi connectivity index (χ4n) is 2.99. The van der Waals surface area contributed by atoms with Gasteiger partial charge in [0.25, 0.3) is 0 Å². The van der Waals surface area contributed by atoms with Gasteiger partial charge >= 0.3 is 0 Å². The van der Waals surface area contributed by atoms with Crippen molar-refractivity contribution in [1.82, 2.24) is 5.32 Å². The number of ether oxygens (including phenoxy) is 1. The predicted molar refractivity (Wildman–Crippen MR) is 103 cm³/mol.